The zero-order chi connectivity index (χ0) is 17.2. The maximum Gasteiger partial charge on any atom is 0.247 e. The van der Waals surface area contributed by atoms with Crippen molar-refractivity contribution >= 4 is 0 Å². The molecule has 0 spiro atoms. The molecule has 1 aromatic carbocycles. The Morgan fingerprint density at radius 3 is 2.64 bits per heavy atom. The molecule has 1 aliphatic heterocycles. The minimum Gasteiger partial charge on any atom is -0.419 e. The lowest BCUT2D eigenvalue weighted by atomic mass is 9.83. The van der Waals surface area contributed by atoms with Crippen LogP contribution in [0.25, 0.3) is 11.5 Å². The lowest BCUT2D eigenvalue weighted by molar-refractivity contribution is 0.137. The minimum atomic E-state index is -0.287. The summed E-state index contributed by atoms with van der Waals surface area (Å²) in [6.45, 7) is 1.22. The van der Waals surface area contributed by atoms with Gasteiger partial charge in [-0.25, -0.2) is 4.39 Å². The molecule has 5 nitrogen and oxygen atoms in total. The Morgan fingerprint density at radius 1 is 1.12 bits per heavy atom. The molecular formula is C19H24FN3O2. The molecule has 0 radical (unpaired) electrons. The molecule has 25 heavy (non-hydrogen) atoms. The van der Waals surface area contributed by atoms with Gasteiger partial charge in [-0.15, -0.1) is 10.2 Å². The quantitative estimate of drug-likeness (QED) is 0.920. The van der Waals surface area contributed by atoms with E-state index in [0.717, 1.165) is 6.42 Å². The lowest BCUT2D eigenvalue weighted by Gasteiger charge is -2.33. The zero-order valence-corrected chi connectivity index (χ0v) is 14.3. The fraction of sp³-hybridized carbons (Fsp3) is 0.579. The summed E-state index contributed by atoms with van der Waals surface area (Å²) in [5.41, 5.74) is 0.713. The number of nitrogens with zero attached hydrogens (tertiary/aromatic N) is 3. The van der Waals surface area contributed by atoms with Gasteiger partial charge >= 0.3 is 0 Å². The van der Waals surface area contributed by atoms with Crippen LogP contribution in [0.2, 0.25) is 0 Å². The highest BCUT2D eigenvalue weighted by molar-refractivity contribution is 5.51. The Bertz CT molecular complexity index is 697. The first-order valence-electron chi connectivity index (χ1n) is 9.19. The third-order valence-corrected chi connectivity index (χ3v) is 5.52. The van der Waals surface area contributed by atoms with Crippen LogP contribution in [0.5, 0.6) is 0 Å². The van der Waals surface area contributed by atoms with Crippen LogP contribution in [-0.2, 0) is 6.54 Å². The van der Waals surface area contributed by atoms with Gasteiger partial charge in [-0.2, -0.15) is 0 Å². The molecule has 2 aliphatic rings. The van der Waals surface area contributed by atoms with Gasteiger partial charge in [0.15, 0.2) is 0 Å². The van der Waals surface area contributed by atoms with Crippen molar-refractivity contribution in [2.75, 3.05) is 6.54 Å². The van der Waals surface area contributed by atoms with E-state index < -0.39 is 0 Å². The molecular weight excluding hydrogens is 321 g/mol. The maximum absolute atomic E-state index is 13.0. The number of aliphatic hydroxyl groups excluding tert-OH is 1. The van der Waals surface area contributed by atoms with Gasteiger partial charge in [-0.05, 0) is 49.4 Å². The summed E-state index contributed by atoms with van der Waals surface area (Å²) in [6.07, 6.45) is 6.98. The van der Waals surface area contributed by atoms with E-state index in [1.807, 2.05) is 0 Å². The normalized spacial score (nSPS) is 25.5. The van der Waals surface area contributed by atoms with Gasteiger partial charge in [0, 0.05) is 18.2 Å². The van der Waals surface area contributed by atoms with E-state index in [2.05, 4.69) is 15.1 Å². The predicted molar refractivity (Wildman–Crippen MR) is 91.1 cm³/mol. The van der Waals surface area contributed by atoms with E-state index in [9.17, 15) is 9.50 Å². The monoisotopic (exact) mass is 345 g/mol. The molecule has 134 valence electrons. The number of hydrogen-bond donors (Lipinski definition) is 1. The Labute approximate surface area is 146 Å². The zero-order valence-electron chi connectivity index (χ0n) is 14.3. The molecule has 4 rings (SSSR count). The molecule has 1 saturated heterocycles. The van der Waals surface area contributed by atoms with E-state index in [4.69, 9.17) is 4.42 Å². The van der Waals surface area contributed by atoms with Crippen LogP contribution in [0, 0.1) is 11.7 Å². The van der Waals surface area contributed by atoms with Gasteiger partial charge in [0.25, 0.3) is 0 Å². The molecule has 1 aromatic heterocycles. The van der Waals surface area contributed by atoms with Gasteiger partial charge in [0.05, 0.1) is 12.6 Å². The summed E-state index contributed by atoms with van der Waals surface area (Å²) in [5, 5.41) is 18.4. The van der Waals surface area contributed by atoms with Crippen molar-refractivity contribution in [1.29, 1.82) is 0 Å². The summed E-state index contributed by atoms with van der Waals surface area (Å²) < 4.78 is 18.8. The lowest BCUT2D eigenvalue weighted by Crippen LogP contribution is -2.36. The highest BCUT2D eigenvalue weighted by atomic mass is 19.1. The second-order valence-electron chi connectivity index (χ2n) is 7.29. The first-order valence-corrected chi connectivity index (χ1v) is 9.19. The van der Waals surface area contributed by atoms with Gasteiger partial charge in [0.1, 0.15) is 5.82 Å². The molecule has 0 unspecified atom stereocenters. The van der Waals surface area contributed by atoms with Crippen molar-refractivity contribution in [2.45, 2.75) is 57.2 Å². The molecule has 1 N–H and O–H groups in total. The first-order chi connectivity index (χ1) is 12.2. The van der Waals surface area contributed by atoms with E-state index in [0.29, 0.717) is 42.4 Å². The fourth-order valence-corrected chi connectivity index (χ4v) is 4.30. The second kappa shape index (κ2) is 7.22. The fourth-order valence-electron chi connectivity index (χ4n) is 4.30. The van der Waals surface area contributed by atoms with Crippen molar-refractivity contribution in [3.63, 3.8) is 0 Å². The third kappa shape index (κ3) is 3.75. The Kier molecular flexibility index (Phi) is 4.81. The number of β-amino-alcohol motifs (C(OH)–C–C–N with tert-alkyl or cyclic N) is 1. The molecule has 1 aliphatic carbocycles. The van der Waals surface area contributed by atoms with Crippen molar-refractivity contribution in [3.8, 4) is 11.5 Å². The number of hydrogen-bond acceptors (Lipinski definition) is 5. The summed E-state index contributed by atoms with van der Waals surface area (Å²) >= 11 is 0. The van der Waals surface area contributed by atoms with Crippen LogP contribution in [0.15, 0.2) is 28.7 Å². The van der Waals surface area contributed by atoms with Crippen LogP contribution in [0.4, 0.5) is 4.39 Å². The molecule has 2 fully saturated rings. The van der Waals surface area contributed by atoms with Crippen molar-refractivity contribution in [2.24, 2.45) is 5.92 Å². The van der Waals surface area contributed by atoms with Crippen molar-refractivity contribution in [3.05, 3.63) is 36.0 Å². The Balaban J connectivity index is 1.46. The Morgan fingerprint density at radius 2 is 1.88 bits per heavy atom. The SMILES string of the molecule is O[C@H]1C[C@H](C2CCCCC2)N(Cc2nnc(-c3ccc(F)cc3)o2)C1. The number of halogens is 1. The van der Waals surface area contributed by atoms with Crippen LogP contribution in [-0.4, -0.2) is 38.9 Å². The standard InChI is InChI=1S/C19H24FN3O2/c20-15-8-6-14(7-9-15)19-22-21-18(25-19)12-23-11-16(24)10-17(23)13-4-2-1-3-5-13/h6-9,13,16-17,24H,1-5,10-12H2/t16-,17+/m0/s1. The Hall–Kier alpha value is -1.79. The number of likely N-dealkylation sites (tertiary alicyclic amines) is 1. The second-order valence-corrected chi connectivity index (χ2v) is 7.29. The molecule has 2 aromatic rings. The average Bonchev–Trinajstić information content (AvgIpc) is 3.23. The minimum absolute atomic E-state index is 0.272. The van der Waals surface area contributed by atoms with Gasteiger partial charge in [-0.3, -0.25) is 4.90 Å². The van der Waals surface area contributed by atoms with E-state index in [1.54, 1.807) is 12.1 Å². The van der Waals surface area contributed by atoms with Crippen LogP contribution >= 0.6 is 0 Å². The summed E-state index contributed by atoms with van der Waals surface area (Å²) in [5.74, 6) is 1.33. The highest BCUT2D eigenvalue weighted by Crippen LogP contribution is 2.35. The van der Waals surface area contributed by atoms with E-state index in [1.165, 1.54) is 44.2 Å². The topological polar surface area (TPSA) is 62.4 Å². The van der Waals surface area contributed by atoms with Crippen LogP contribution in [0.1, 0.15) is 44.4 Å². The van der Waals surface area contributed by atoms with Gasteiger partial charge < -0.3 is 9.52 Å². The summed E-state index contributed by atoms with van der Waals surface area (Å²) in [7, 11) is 0. The molecule has 2 atom stereocenters. The van der Waals surface area contributed by atoms with Gasteiger partial charge in [-0.1, -0.05) is 19.3 Å². The van der Waals surface area contributed by atoms with E-state index in [-0.39, 0.29) is 11.9 Å². The number of benzene rings is 1. The van der Waals surface area contributed by atoms with Crippen molar-refractivity contribution < 1.29 is 13.9 Å². The predicted octanol–water partition coefficient (Wildman–Crippen LogP) is 3.39. The average molecular weight is 345 g/mol. The van der Waals surface area contributed by atoms with Crippen molar-refractivity contribution in [1.82, 2.24) is 15.1 Å². The molecule has 0 amide bonds. The maximum atomic E-state index is 13.0. The third-order valence-electron chi connectivity index (χ3n) is 5.52. The smallest absolute Gasteiger partial charge is 0.247 e. The summed E-state index contributed by atoms with van der Waals surface area (Å²) in [6, 6.07) is 6.44. The number of rotatable bonds is 4. The molecule has 1 saturated carbocycles. The molecule has 0 bridgehead atoms. The highest BCUT2D eigenvalue weighted by Gasteiger charge is 2.37. The van der Waals surface area contributed by atoms with Gasteiger partial charge in [0.2, 0.25) is 11.8 Å². The number of aromatic nitrogens is 2. The number of aliphatic hydroxyl groups is 1. The summed E-state index contributed by atoms with van der Waals surface area (Å²) in [4.78, 5) is 2.29. The first kappa shape index (κ1) is 16.7. The van der Waals surface area contributed by atoms with Crippen LogP contribution < -0.4 is 0 Å². The largest absolute Gasteiger partial charge is 0.419 e. The van der Waals surface area contributed by atoms with E-state index >= 15 is 0 Å². The molecule has 6 heteroatoms. The molecule has 2 heterocycles. The van der Waals surface area contributed by atoms with Crippen LogP contribution in [0.3, 0.4) is 0 Å².